The molecular weight excluding hydrogens is 380 g/mol. The summed E-state index contributed by atoms with van der Waals surface area (Å²) in [5.41, 5.74) is -2.03. The van der Waals surface area contributed by atoms with Gasteiger partial charge in [-0.25, -0.2) is 4.79 Å². The topological polar surface area (TPSA) is 105 Å². The van der Waals surface area contributed by atoms with Gasteiger partial charge in [-0.15, -0.1) is 0 Å². The number of carbonyl (C=O) groups excluding carboxylic acids is 4. The molecule has 0 aromatic heterocycles. The quantitative estimate of drug-likeness (QED) is 0.239. The van der Waals surface area contributed by atoms with Crippen LogP contribution in [0.25, 0.3) is 0 Å². The minimum Gasteiger partial charge on any atom is -0.465 e. The molecule has 0 atom stereocenters. The van der Waals surface area contributed by atoms with E-state index in [9.17, 15) is 19.2 Å². The second-order valence-corrected chi connectivity index (χ2v) is 5.91. The van der Waals surface area contributed by atoms with E-state index in [1.165, 1.54) is 20.8 Å². The van der Waals surface area contributed by atoms with Gasteiger partial charge in [0.15, 0.2) is 0 Å². The summed E-state index contributed by atoms with van der Waals surface area (Å²) in [5, 5.41) is 0. The second kappa shape index (κ2) is 11.6. The Labute approximate surface area is 169 Å². The third kappa shape index (κ3) is 6.17. The van der Waals surface area contributed by atoms with Crippen LogP contribution in [0.2, 0.25) is 0 Å². The first-order chi connectivity index (χ1) is 13.8. The van der Waals surface area contributed by atoms with E-state index in [1.54, 1.807) is 24.3 Å². The van der Waals surface area contributed by atoms with Gasteiger partial charge >= 0.3 is 23.9 Å². The van der Waals surface area contributed by atoms with Crippen molar-refractivity contribution >= 4 is 23.9 Å². The summed E-state index contributed by atoms with van der Waals surface area (Å²) in [6, 6.07) is 8.90. The van der Waals surface area contributed by atoms with Gasteiger partial charge in [-0.3, -0.25) is 14.4 Å². The Hall–Kier alpha value is -3.16. The molecule has 29 heavy (non-hydrogen) atoms. The highest BCUT2D eigenvalue weighted by atomic mass is 16.6. The first-order valence-corrected chi connectivity index (χ1v) is 9.23. The molecular formula is C21H26O8. The smallest absolute Gasteiger partial charge is 0.335 e. The average Bonchev–Trinajstić information content (AvgIpc) is 2.71. The van der Waals surface area contributed by atoms with Gasteiger partial charge < -0.3 is 18.9 Å². The number of benzene rings is 1. The molecule has 0 aliphatic heterocycles. The van der Waals surface area contributed by atoms with Crippen molar-refractivity contribution in [3.8, 4) is 0 Å². The summed E-state index contributed by atoms with van der Waals surface area (Å²) in [6.07, 6.45) is -0.683. The maximum atomic E-state index is 12.6. The Balaban J connectivity index is 3.11. The first kappa shape index (κ1) is 23.9. The first-order valence-electron chi connectivity index (χ1n) is 9.23. The Morgan fingerprint density at radius 2 is 1.24 bits per heavy atom. The standard InChI is InChI=1S/C21H26O8/c1-5-26-18(23)21(19(24)27-6-2,20(25)28-7-3)13-15(4)17(22)29-14-16-11-9-8-10-12-16/h8-12H,4-7,13-14H2,1-3H3. The minimum atomic E-state index is -2.50. The Morgan fingerprint density at radius 3 is 1.66 bits per heavy atom. The average molecular weight is 406 g/mol. The van der Waals surface area contributed by atoms with Crippen LogP contribution in [-0.4, -0.2) is 43.7 Å². The Kier molecular flexibility index (Phi) is 9.58. The van der Waals surface area contributed by atoms with Gasteiger partial charge in [0.1, 0.15) is 6.61 Å². The van der Waals surface area contributed by atoms with E-state index in [0.29, 0.717) is 0 Å². The van der Waals surface area contributed by atoms with Crippen molar-refractivity contribution in [2.75, 3.05) is 19.8 Å². The molecule has 0 N–H and O–H groups in total. The lowest BCUT2D eigenvalue weighted by Gasteiger charge is -2.27. The van der Waals surface area contributed by atoms with Crippen molar-refractivity contribution in [2.45, 2.75) is 33.8 Å². The molecule has 1 aromatic rings. The van der Waals surface area contributed by atoms with Crippen molar-refractivity contribution < 1.29 is 38.1 Å². The van der Waals surface area contributed by atoms with E-state index in [1.807, 2.05) is 6.07 Å². The molecule has 0 saturated carbocycles. The largest absolute Gasteiger partial charge is 0.465 e. The summed E-state index contributed by atoms with van der Waals surface area (Å²) < 4.78 is 19.9. The Morgan fingerprint density at radius 1 is 0.793 bits per heavy atom. The number of ether oxygens (including phenoxy) is 4. The number of hydrogen-bond donors (Lipinski definition) is 0. The number of hydrogen-bond acceptors (Lipinski definition) is 8. The molecule has 0 radical (unpaired) electrons. The highest BCUT2D eigenvalue weighted by Gasteiger charge is 2.58. The molecule has 158 valence electrons. The van der Waals surface area contributed by atoms with Gasteiger partial charge in [-0.2, -0.15) is 0 Å². The fourth-order valence-electron chi connectivity index (χ4n) is 2.45. The predicted molar refractivity (Wildman–Crippen MR) is 102 cm³/mol. The number of esters is 4. The van der Waals surface area contributed by atoms with Crippen LogP contribution in [0.1, 0.15) is 32.8 Å². The van der Waals surface area contributed by atoms with Crippen LogP contribution in [0.4, 0.5) is 0 Å². The van der Waals surface area contributed by atoms with E-state index >= 15 is 0 Å². The van der Waals surface area contributed by atoms with E-state index in [0.717, 1.165) is 5.56 Å². The van der Waals surface area contributed by atoms with Crippen LogP contribution in [0.15, 0.2) is 42.5 Å². The van der Waals surface area contributed by atoms with Crippen LogP contribution in [-0.2, 0) is 44.7 Å². The van der Waals surface area contributed by atoms with Crippen molar-refractivity contribution in [3.63, 3.8) is 0 Å². The van der Waals surface area contributed by atoms with Crippen LogP contribution in [0.5, 0.6) is 0 Å². The molecule has 0 saturated heterocycles. The molecule has 0 unspecified atom stereocenters. The van der Waals surface area contributed by atoms with Crippen molar-refractivity contribution in [1.29, 1.82) is 0 Å². The highest BCUT2D eigenvalue weighted by molar-refractivity contribution is 6.18. The normalized spacial score (nSPS) is 10.6. The zero-order valence-corrected chi connectivity index (χ0v) is 16.9. The lowest BCUT2D eigenvalue weighted by molar-refractivity contribution is -0.183. The fraction of sp³-hybridized carbons (Fsp3) is 0.429. The fourth-order valence-corrected chi connectivity index (χ4v) is 2.45. The van der Waals surface area contributed by atoms with Gasteiger partial charge in [0.2, 0.25) is 0 Å². The van der Waals surface area contributed by atoms with Gasteiger partial charge in [0, 0.05) is 12.0 Å². The molecule has 0 aliphatic carbocycles. The molecule has 0 bridgehead atoms. The molecule has 0 heterocycles. The van der Waals surface area contributed by atoms with E-state index in [4.69, 9.17) is 18.9 Å². The van der Waals surface area contributed by atoms with E-state index < -0.39 is 35.7 Å². The van der Waals surface area contributed by atoms with Crippen molar-refractivity contribution in [2.24, 2.45) is 5.41 Å². The molecule has 1 rings (SSSR count). The van der Waals surface area contributed by atoms with Gasteiger partial charge in [-0.1, -0.05) is 36.9 Å². The van der Waals surface area contributed by atoms with E-state index in [-0.39, 0.29) is 32.0 Å². The molecule has 0 amide bonds. The summed E-state index contributed by atoms with van der Waals surface area (Å²) in [4.78, 5) is 50.2. The number of carbonyl (C=O) groups is 4. The zero-order chi connectivity index (χ0) is 21.9. The lowest BCUT2D eigenvalue weighted by atomic mass is 9.81. The molecule has 0 aliphatic rings. The van der Waals surface area contributed by atoms with Crippen LogP contribution in [0.3, 0.4) is 0 Å². The maximum Gasteiger partial charge on any atom is 0.335 e. The van der Waals surface area contributed by atoms with E-state index in [2.05, 4.69) is 6.58 Å². The maximum absolute atomic E-state index is 12.6. The monoisotopic (exact) mass is 406 g/mol. The third-order valence-corrected chi connectivity index (χ3v) is 3.85. The van der Waals surface area contributed by atoms with Crippen LogP contribution in [0, 0.1) is 5.41 Å². The van der Waals surface area contributed by atoms with Gasteiger partial charge in [-0.05, 0) is 26.3 Å². The van der Waals surface area contributed by atoms with Gasteiger partial charge in [0.25, 0.3) is 5.41 Å². The summed E-state index contributed by atoms with van der Waals surface area (Å²) >= 11 is 0. The summed E-state index contributed by atoms with van der Waals surface area (Å²) in [6.45, 7) is 7.81. The highest BCUT2D eigenvalue weighted by Crippen LogP contribution is 2.32. The SMILES string of the molecule is C=C(CC(C(=O)OCC)(C(=O)OCC)C(=O)OCC)C(=O)OCc1ccccc1. The molecule has 8 heteroatoms. The zero-order valence-electron chi connectivity index (χ0n) is 16.9. The van der Waals surface area contributed by atoms with Gasteiger partial charge in [0.05, 0.1) is 19.8 Å². The summed E-state index contributed by atoms with van der Waals surface area (Å²) in [7, 11) is 0. The number of rotatable bonds is 11. The third-order valence-electron chi connectivity index (χ3n) is 3.85. The van der Waals surface area contributed by atoms with Crippen molar-refractivity contribution in [3.05, 3.63) is 48.0 Å². The van der Waals surface area contributed by atoms with Crippen LogP contribution >= 0.6 is 0 Å². The molecule has 8 nitrogen and oxygen atoms in total. The molecule has 0 fully saturated rings. The van der Waals surface area contributed by atoms with Crippen molar-refractivity contribution in [1.82, 2.24) is 0 Å². The second-order valence-electron chi connectivity index (χ2n) is 5.91. The Bertz CT molecular complexity index is 693. The molecule has 1 aromatic carbocycles. The lowest BCUT2D eigenvalue weighted by Crippen LogP contribution is -2.50. The van der Waals surface area contributed by atoms with Crippen LogP contribution < -0.4 is 0 Å². The summed E-state index contributed by atoms with van der Waals surface area (Å²) in [5.74, 6) is -4.38. The predicted octanol–water partition coefficient (Wildman–Crippen LogP) is 2.35. The minimum absolute atomic E-state index is 0.0378. The molecule has 0 spiro atoms.